The van der Waals surface area contributed by atoms with Crippen molar-refractivity contribution in [3.8, 4) is 5.88 Å². The minimum Gasteiger partial charge on any atom is -0.473 e. The van der Waals surface area contributed by atoms with E-state index in [1.807, 2.05) is 18.2 Å². The maximum Gasteiger partial charge on any atom is 0.213 e. The third-order valence-electron chi connectivity index (χ3n) is 2.49. The molecule has 0 saturated carbocycles. The van der Waals surface area contributed by atoms with E-state index >= 15 is 0 Å². The van der Waals surface area contributed by atoms with E-state index in [-0.39, 0.29) is 0 Å². The van der Waals surface area contributed by atoms with Gasteiger partial charge < -0.3 is 10.6 Å². The van der Waals surface area contributed by atoms with Gasteiger partial charge in [0.1, 0.15) is 6.61 Å². The van der Waals surface area contributed by atoms with Crippen molar-refractivity contribution in [3.05, 3.63) is 59.3 Å². The average molecular weight is 241 g/mol. The fourth-order valence-corrected chi connectivity index (χ4v) is 1.48. The van der Waals surface area contributed by atoms with Gasteiger partial charge in [-0.25, -0.2) is 4.98 Å². The van der Waals surface area contributed by atoms with Gasteiger partial charge in [-0.05, 0) is 18.6 Å². The standard InChI is InChI=1S/C14H15N3O/c1-11-2-4-12(5-3-11)10-18-14-7-6-13(8-16-14)9-17-15/h2-9H,10,15H2,1H3. The van der Waals surface area contributed by atoms with Gasteiger partial charge in [0.2, 0.25) is 5.88 Å². The molecule has 0 aliphatic carbocycles. The molecule has 0 atom stereocenters. The van der Waals surface area contributed by atoms with Crippen LogP contribution in [0, 0.1) is 6.92 Å². The van der Waals surface area contributed by atoms with Crippen LogP contribution in [0.4, 0.5) is 0 Å². The van der Waals surface area contributed by atoms with Crippen molar-refractivity contribution in [2.24, 2.45) is 10.9 Å². The predicted molar refractivity (Wildman–Crippen MR) is 71.5 cm³/mol. The van der Waals surface area contributed by atoms with Crippen LogP contribution in [-0.2, 0) is 6.61 Å². The van der Waals surface area contributed by atoms with Crippen molar-refractivity contribution in [2.45, 2.75) is 13.5 Å². The molecule has 1 aromatic heterocycles. The van der Waals surface area contributed by atoms with E-state index < -0.39 is 0 Å². The topological polar surface area (TPSA) is 60.5 Å². The molecule has 2 N–H and O–H groups in total. The fourth-order valence-electron chi connectivity index (χ4n) is 1.48. The molecule has 0 bridgehead atoms. The van der Waals surface area contributed by atoms with Gasteiger partial charge in [0, 0.05) is 17.8 Å². The second kappa shape index (κ2) is 5.82. The summed E-state index contributed by atoms with van der Waals surface area (Å²) >= 11 is 0. The number of rotatable bonds is 4. The lowest BCUT2D eigenvalue weighted by Gasteiger charge is -2.05. The van der Waals surface area contributed by atoms with Crippen LogP contribution in [0.25, 0.3) is 0 Å². The number of hydrogen-bond acceptors (Lipinski definition) is 4. The Balaban J connectivity index is 1.95. The highest BCUT2D eigenvalue weighted by Gasteiger charge is 1.97. The third kappa shape index (κ3) is 3.31. The summed E-state index contributed by atoms with van der Waals surface area (Å²) in [6.45, 7) is 2.57. The minimum absolute atomic E-state index is 0.512. The van der Waals surface area contributed by atoms with Gasteiger partial charge in [0.05, 0.1) is 6.21 Å². The fraction of sp³-hybridized carbons (Fsp3) is 0.143. The molecule has 18 heavy (non-hydrogen) atoms. The lowest BCUT2D eigenvalue weighted by atomic mass is 10.2. The molecule has 4 nitrogen and oxygen atoms in total. The van der Waals surface area contributed by atoms with Gasteiger partial charge in [-0.15, -0.1) is 0 Å². The van der Waals surface area contributed by atoms with Crippen LogP contribution >= 0.6 is 0 Å². The molecule has 0 fully saturated rings. The van der Waals surface area contributed by atoms with E-state index in [0.717, 1.165) is 11.1 Å². The summed E-state index contributed by atoms with van der Waals surface area (Å²) in [6, 6.07) is 11.9. The van der Waals surface area contributed by atoms with Crippen molar-refractivity contribution in [1.29, 1.82) is 0 Å². The molecule has 0 saturated heterocycles. The molecule has 4 heteroatoms. The Bertz CT molecular complexity index is 518. The summed E-state index contributed by atoms with van der Waals surface area (Å²) in [5.74, 6) is 5.64. The van der Waals surface area contributed by atoms with Gasteiger partial charge in [-0.3, -0.25) is 0 Å². The minimum atomic E-state index is 0.512. The summed E-state index contributed by atoms with van der Waals surface area (Å²) in [7, 11) is 0. The molecule has 0 aliphatic rings. The summed E-state index contributed by atoms with van der Waals surface area (Å²) in [6.07, 6.45) is 3.21. The Hall–Kier alpha value is -2.36. The lowest BCUT2D eigenvalue weighted by molar-refractivity contribution is 0.294. The molecule has 0 amide bonds. The highest BCUT2D eigenvalue weighted by molar-refractivity contribution is 5.78. The van der Waals surface area contributed by atoms with E-state index in [1.54, 1.807) is 12.3 Å². The summed E-state index contributed by atoms with van der Waals surface area (Å²) in [5, 5.41) is 3.43. The van der Waals surface area contributed by atoms with Gasteiger partial charge in [-0.1, -0.05) is 29.8 Å². The predicted octanol–water partition coefficient (Wildman–Crippen LogP) is 2.26. The number of pyridine rings is 1. The molecule has 2 rings (SSSR count). The number of ether oxygens (including phenoxy) is 1. The van der Waals surface area contributed by atoms with Gasteiger partial charge in [-0.2, -0.15) is 5.10 Å². The van der Waals surface area contributed by atoms with Crippen molar-refractivity contribution < 1.29 is 4.74 Å². The van der Waals surface area contributed by atoms with Crippen LogP contribution in [0.3, 0.4) is 0 Å². The van der Waals surface area contributed by atoms with Crippen LogP contribution in [0.15, 0.2) is 47.7 Å². The molecule has 92 valence electrons. The molecular weight excluding hydrogens is 226 g/mol. The zero-order valence-electron chi connectivity index (χ0n) is 10.2. The van der Waals surface area contributed by atoms with Crippen LogP contribution < -0.4 is 10.6 Å². The number of aryl methyl sites for hydroxylation is 1. The van der Waals surface area contributed by atoms with E-state index in [4.69, 9.17) is 10.6 Å². The van der Waals surface area contributed by atoms with Crippen LogP contribution in [0.5, 0.6) is 5.88 Å². The molecule has 0 radical (unpaired) electrons. The maximum atomic E-state index is 5.58. The van der Waals surface area contributed by atoms with Crippen molar-refractivity contribution in [3.63, 3.8) is 0 Å². The SMILES string of the molecule is Cc1ccc(COc2ccc(C=NN)cn2)cc1. The Labute approximate surface area is 106 Å². The number of benzene rings is 1. The lowest BCUT2D eigenvalue weighted by Crippen LogP contribution is -1.97. The normalized spacial score (nSPS) is 10.7. The molecule has 0 spiro atoms. The zero-order chi connectivity index (χ0) is 12.8. The first kappa shape index (κ1) is 12.1. The maximum absolute atomic E-state index is 5.58. The Morgan fingerprint density at radius 3 is 2.61 bits per heavy atom. The average Bonchev–Trinajstić information content (AvgIpc) is 2.40. The van der Waals surface area contributed by atoms with Gasteiger partial charge in [0.15, 0.2) is 0 Å². The van der Waals surface area contributed by atoms with E-state index in [1.165, 1.54) is 11.8 Å². The Morgan fingerprint density at radius 1 is 1.22 bits per heavy atom. The summed E-state index contributed by atoms with van der Waals surface area (Å²) in [5.41, 5.74) is 3.21. The Kier molecular flexibility index (Phi) is 3.91. The smallest absolute Gasteiger partial charge is 0.213 e. The molecule has 0 unspecified atom stereocenters. The molecule has 2 aromatic rings. The van der Waals surface area contributed by atoms with Crippen molar-refractivity contribution in [1.82, 2.24) is 4.98 Å². The summed E-state index contributed by atoms with van der Waals surface area (Å²) in [4.78, 5) is 4.16. The Morgan fingerprint density at radius 2 is 2.00 bits per heavy atom. The first-order valence-corrected chi connectivity index (χ1v) is 5.65. The molecule has 1 heterocycles. The monoisotopic (exact) mass is 241 g/mol. The van der Waals surface area contributed by atoms with Gasteiger partial charge >= 0.3 is 0 Å². The van der Waals surface area contributed by atoms with E-state index in [0.29, 0.717) is 12.5 Å². The molecular formula is C14H15N3O. The largest absolute Gasteiger partial charge is 0.473 e. The van der Waals surface area contributed by atoms with Crippen LogP contribution in [0.2, 0.25) is 0 Å². The van der Waals surface area contributed by atoms with E-state index in [2.05, 4.69) is 29.1 Å². The quantitative estimate of drug-likeness (QED) is 0.507. The highest BCUT2D eigenvalue weighted by Crippen LogP contribution is 2.10. The molecule has 1 aromatic carbocycles. The van der Waals surface area contributed by atoms with Crippen LogP contribution in [0.1, 0.15) is 16.7 Å². The number of aromatic nitrogens is 1. The van der Waals surface area contributed by atoms with Gasteiger partial charge in [0.25, 0.3) is 0 Å². The number of hydrazone groups is 1. The van der Waals surface area contributed by atoms with Crippen molar-refractivity contribution >= 4 is 6.21 Å². The highest BCUT2D eigenvalue weighted by atomic mass is 16.5. The number of nitrogens with two attached hydrogens (primary N) is 1. The number of nitrogens with zero attached hydrogens (tertiary/aromatic N) is 2. The second-order valence-corrected chi connectivity index (χ2v) is 3.98. The molecule has 0 aliphatic heterocycles. The van der Waals surface area contributed by atoms with Crippen LogP contribution in [-0.4, -0.2) is 11.2 Å². The van der Waals surface area contributed by atoms with E-state index in [9.17, 15) is 0 Å². The first-order valence-electron chi connectivity index (χ1n) is 5.65. The number of hydrogen-bond donors (Lipinski definition) is 1. The zero-order valence-corrected chi connectivity index (χ0v) is 10.2. The first-order chi connectivity index (χ1) is 8.78. The summed E-state index contributed by atoms with van der Waals surface area (Å²) < 4.78 is 5.58. The second-order valence-electron chi connectivity index (χ2n) is 3.98. The third-order valence-corrected chi connectivity index (χ3v) is 2.49. The van der Waals surface area contributed by atoms with Crippen molar-refractivity contribution in [2.75, 3.05) is 0 Å².